The van der Waals surface area contributed by atoms with Crippen LogP contribution in [0, 0.1) is 17.8 Å². The second kappa shape index (κ2) is 12.9. The zero-order chi connectivity index (χ0) is 24.6. The highest BCUT2D eigenvalue weighted by atomic mass is 16.6. The highest BCUT2D eigenvalue weighted by Gasteiger charge is 2.42. The second-order valence-corrected chi connectivity index (χ2v) is 10.8. The number of esters is 1. The van der Waals surface area contributed by atoms with Crippen LogP contribution >= 0.6 is 0 Å². The van der Waals surface area contributed by atoms with E-state index in [9.17, 15) is 15.0 Å². The molecule has 1 fully saturated rings. The Hall–Kier alpha value is -1.43. The van der Waals surface area contributed by atoms with Gasteiger partial charge in [-0.15, -0.1) is 0 Å². The van der Waals surface area contributed by atoms with Crippen molar-refractivity contribution in [1.82, 2.24) is 0 Å². The van der Waals surface area contributed by atoms with Gasteiger partial charge in [0.25, 0.3) is 0 Å². The molecule has 33 heavy (non-hydrogen) atoms. The van der Waals surface area contributed by atoms with Gasteiger partial charge in [0.1, 0.15) is 6.10 Å². The number of aliphatic hydroxyl groups excluding tert-OH is 1. The maximum Gasteiger partial charge on any atom is 0.309 e. The minimum atomic E-state index is -0.650. The van der Waals surface area contributed by atoms with Crippen LogP contribution < -0.4 is 0 Å². The molecule has 2 aliphatic heterocycles. The van der Waals surface area contributed by atoms with Gasteiger partial charge < -0.3 is 19.7 Å². The molecule has 1 saturated heterocycles. The molecule has 0 aliphatic carbocycles. The second-order valence-electron chi connectivity index (χ2n) is 10.8. The molecular weight excluding hydrogens is 416 g/mol. The molecule has 2 N–H and O–H groups in total. The predicted molar refractivity (Wildman–Crippen MR) is 133 cm³/mol. The lowest BCUT2D eigenvalue weighted by molar-refractivity contribution is -0.151. The van der Waals surface area contributed by atoms with Crippen LogP contribution in [0.5, 0.6) is 0 Å². The number of rotatable bonds is 8. The quantitative estimate of drug-likeness (QED) is 0.215. The summed E-state index contributed by atoms with van der Waals surface area (Å²) in [6.07, 6.45) is 14.8. The minimum absolute atomic E-state index is 0.0489. The number of ether oxygens (including phenoxy) is 2. The third-order valence-corrected chi connectivity index (χ3v) is 7.05. The first kappa shape index (κ1) is 27.8. The van der Waals surface area contributed by atoms with E-state index in [2.05, 4.69) is 39.0 Å². The van der Waals surface area contributed by atoms with Crippen LogP contribution in [0.2, 0.25) is 0 Å². The van der Waals surface area contributed by atoms with Crippen LogP contribution in [0.1, 0.15) is 86.5 Å². The largest absolute Gasteiger partial charge is 0.457 e. The molecule has 5 heteroatoms. The van der Waals surface area contributed by atoms with E-state index in [0.29, 0.717) is 24.7 Å². The van der Waals surface area contributed by atoms with E-state index in [1.54, 1.807) is 0 Å². The third kappa shape index (κ3) is 10.2. The Balaban J connectivity index is 1.95. The summed E-state index contributed by atoms with van der Waals surface area (Å²) in [4.78, 5) is 12.4. The number of cyclic esters (lactones) is 1. The van der Waals surface area contributed by atoms with Gasteiger partial charge in [0.15, 0.2) is 0 Å². The van der Waals surface area contributed by atoms with Gasteiger partial charge in [-0.2, -0.15) is 0 Å². The van der Waals surface area contributed by atoms with Gasteiger partial charge in [0, 0.05) is 12.3 Å². The first-order valence-corrected chi connectivity index (χ1v) is 12.8. The van der Waals surface area contributed by atoms with Crippen molar-refractivity contribution in [3.8, 4) is 0 Å². The van der Waals surface area contributed by atoms with Gasteiger partial charge in [-0.05, 0) is 63.4 Å². The average Bonchev–Trinajstić information content (AvgIpc) is 3.45. The Morgan fingerprint density at radius 2 is 2.03 bits per heavy atom. The SMILES string of the molecule is CCC(C)(O)CC1OC1CC(C)/C=C/C=C(\C)[C@H]1OC(=O)CC(O)CCC(C)C/C=C/C1C. The summed E-state index contributed by atoms with van der Waals surface area (Å²) in [5, 5.41) is 20.4. The number of hydrogen-bond donors (Lipinski definition) is 2. The van der Waals surface area contributed by atoms with Gasteiger partial charge in [-0.1, -0.05) is 58.1 Å². The third-order valence-electron chi connectivity index (χ3n) is 7.05. The lowest BCUT2D eigenvalue weighted by Gasteiger charge is -2.25. The molecule has 0 aromatic rings. The van der Waals surface area contributed by atoms with Crippen molar-refractivity contribution in [3.63, 3.8) is 0 Å². The highest BCUT2D eigenvalue weighted by molar-refractivity contribution is 5.70. The molecule has 5 nitrogen and oxygen atoms in total. The molecule has 0 amide bonds. The Kier molecular flexibility index (Phi) is 10.8. The molecule has 0 aromatic carbocycles. The van der Waals surface area contributed by atoms with Crippen molar-refractivity contribution >= 4 is 5.97 Å². The average molecular weight is 463 g/mol. The van der Waals surface area contributed by atoms with Crippen molar-refractivity contribution in [2.24, 2.45) is 17.8 Å². The zero-order valence-corrected chi connectivity index (χ0v) is 21.5. The van der Waals surface area contributed by atoms with Crippen molar-refractivity contribution in [2.75, 3.05) is 0 Å². The zero-order valence-electron chi connectivity index (χ0n) is 21.5. The standard InChI is InChI=1S/C28H46O5/c1-7-28(6,31)18-25-24(32-25)16-20(3)11-9-13-22(5)27-21(4)12-8-10-19(2)14-15-23(29)17-26(30)33-27/h8-9,11-13,19-21,23-25,27,29,31H,7,10,14-18H2,1-6H3/b11-9+,12-8+,22-13+/t19?,20?,21?,23?,24?,25?,27-,28?/m0/s1. The summed E-state index contributed by atoms with van der Waals surface area (Å²) >= 11 is 0. The molecule has 0 radical (unpaired) electrons. The minimum Gasteiger partial charge on any atom is -0.457 e. The van der Waals surface area contributed by atoms with Crippen LogP contribution in [0.25, 0.3) is 0 Å². The molecule has 2 heterocycles. The predicted octanol–water partition coefficient (Wildman–Crippen LogP) is 5.51. The van der Waals surface area contributed by atoms with Crippen molar-refractivity contribution < 1.29 is 24.5 Å². The van der Waals surface area contributed by atoms with Crippen LogP contribution in [0.15, 0.2) is 36.0 Å². The Labute approximate surface area is 200 Å². The molecule has 0 bridgehead atoms. The number of carbonyl (C=O) groups is 1. The fourth-order valence-electron chi connectivity index (χ4n) is 4.40. The molecule has 188 valence electrons. The van der Waals surface area contributed by atoms with Gasteiger partial charge in [0.2, 0.25) is 0 Å². The van der Waals surface area contributed by atoms with Crippen LogP contribution in [0.3, 0.4) is 0 Å². The van der Waals surface area contributed by atoms with Crippen LogP contribution in [-0.2, 0) is 14.3 Å². The normalized spacial score (nSPS) is 35.8. The first-order chi connectivity index (χ1) is 15.5. The van der Waals surface area contributed by atoms with E-state index in [0.717, 1.165) is 31.3 Å². The molecule has 8 atom stereocenters. The first-order valence-electron chi connectivity index (χ1n) is 12.8. The van der Waals surface area contributed by atoms with E-state index in [4.69, 9.17) is 9.47 Å². The van der Waals surface area contributed by atoms with Crippen molar-refractivity contribution in [3.05, 3.63) is 36.0 Å². The number of epoxide rings is 1. The van der Waals surface area contributed by atoms with Gasteiger partial charge in [-0.25, -0.2) is 0 Å². The summed E-state index contributed by atoms with van der Waals surface area (Å²) in [7, 11) is 0. The summed E-state index contributed by atoms with van der Waals surface area (Å²) in [5.41, 5.74) is 0.339. The molecule has 0 saturated carbocycles. The van der Waals surface area contributed by atoms with E-state index in [1.165, 1.54) is 0 Å². The van der Waals surface area contributed by atoms with Crippen molar-refractivity contribution in [1.29, 1.82) is 0 Å². The maximum absolute atomic E-state index is 12.4. The fraction of sp³-hybridized carbons (Fsp3) is 0.750. The molecule has 7 unspecified atom stereocenters. The number of aliphatic hydroxyl groups is 2. The number of allylic oxidation sites excluding steroid dienone is 4. The van der Waals surface area contributed by atoms with E-state index < -0.39 is 11.7 Å². The molecule has 2 rings (SSSR count). The van der Waals surface area contributed by atoms with Gasteiger partial charge in [-0.3, -0.25) is 4.79 Å². The van der Waals surface area contributed by atoms with Gasteiger partial charge >= 0.3 is 5.97 Å². The highest BCUT2D eigenvalue weighted by Crippen LogP contribution is 2.35. The monoisotopic (exact) mass is 462 g/mol. The summed E-state index contributed by atoms with van der Waals surface area (Å²) in [6.45, 7) is 12.3. The Morgan fingerprint density at radius 1 is 1.30 bits per heavy atom. The number of carbonyl (C=O) groups excluding carboxylic acids is 1. The lowest BCUT2D eigenvalue weighted by Crippen LogP contribution is -2.28. The van der Waals surface area contributed by atoms with E-state index in [-0.39, 0.29) is 36.6 Å². The molecule has 2 aliphatic rings. The fourth-order valence-corrected chi connectivity index (χ4v) is 4.40. The Morgan fingerprint density at radius 3 is 2.73 bits per heavy atom. The van der Waals surface area contributed by atoms with Crippen LogP contribution in [0.4, 0.5) is 0 Å². The molecule has 0 spiro atoms. The van der Waals surface area contributed by atoms with Crippen LogP contribution in [-0.4, -0.2) is 46.2 Å². The topological polar surface area (TPSA) is 79.3 Å². The summed E-state index contributed by atoms with van der Waals surface area (Å²) < 4.78 is 11.6. The Bertz CT molecular complexity index is 707. The van der Waals surface area contributed by atoms with E-state index >= 15 is 0 Å². The maximum atomic E-state index is 12.4. The van der Waals surface area contributed by atoms with Gasteiger partial charge in [0.05, 0.1) is 30.3 Å². The number of hydrogen-bond acceptors (Lipinski definition) is 5. The summed E-state index contributed by atoms with van der Waals surface area (Å²) in [5.74, 6) is 0.558. The summed E-state index contributed by atoms with van der Waals surface area (Å²) in [6, 6.07) is 0. The molecule has 0 aromatic heterocycles. The smallest absolute Gasteiger partial charge is 0.309 e. The molecular formula is C28H46O5. The lowest BCUT2D eigenvalue weighted by atomic mass is 9.93. The van der Waals surface area contributed by atoms with Crippen molar-refractivity contribution in [2.45, 2.75) is 117 Å². The van der Waals surface area contributed by atoms with E-state index in [1.807, 2.05) is 32.9 Å².